The minimum atomic E-state index is -0.280. The highest BCUT2D eigenvalue weighted by atomic mass is 19.1. The van der Waals surface area contributed by atoms with E-state index in [1.54, 1.807) is 31.1 Å². The second kappa shape index (κ2) is 4.20. The fraction of sp³-hybridized carbons (Fsp3) is 0.333. The van der Waals surface area contributed by atoms with Crippen LogP contribution in [-0.4, -0.2) is 19.3 Å². The average molecular weight is 184 g/mol. The van der Waals surface area contributed by atoms with Crippen LogP contribution in [0.3, 0.4) is 0 Å². The van der Waals surface area contributed by atoms with Crippen molar-refractivity contribution < 1.29 is 9.60 Å². The van der Waals surface area contributed by atoms with Crippen molar-refractivity contribution in [2.24, 2.45) is 0 Å². The molecule has 0 radical (unpaired) electrons. The smallest absolute Gasteiger partial charge is 0.146 e. The van der Waals surface area contributed by atoms with Gasteiger partial charge in [-0.25, -0.2) is 9.87 Å². The van der Waals surface area contributed by atoms with Crippen LogP contribution >= 0.6 is 0 Å². The fourth-order valence-corrected chi connectivity index (χ4v) is 1.29. The number of halogens is 1. The SMILES string of the molecule is CN(C)c1c(F)cccc1CNO. The molecule has 0 atom stereocenters. The number of hydrogen-bond acceptors (Lipinski definition) is 3. The summed E-state index contributed by atoms with van der Waals surface area (Å²) in [5.41, 5.74) is 3.25. The van der Waals surface area contributed by atoms with Gasteiger partial charge in [-0.15, -0.1) is 0 Å². The molecule has 0 bridgehead atoms. The van der Waals surface area contributed by atoms with Crippen molar-refractivity contribution in [3.05, 3.63) is 29.6 Å². The third kappa shape index (κ3) is 2.17. The quantitative estimate of drug-likeness (QED) is 0.696. The Kier molecular flexibility index (Phi) is 3.22. The van der Waals surface area contributed by atoms with Gasteiger partial charge >= 0.3 is 0 Å². The minimum Gasteiger partial charge on any atom is -0.375 e. The molecular weight excluding hydrogens is 171 g/mol. The summed E-state index contributed by atoms with van der Waals surface area (Å²) in [6, 6.07) is 4.78. The second-order valence-electron chi connectivity index (χ2n) is 2.98. The molecule has 0 aliphatic rings. The Balaban J connectivity index is 3.10. The van der Waals surface area contributed by atoms with Crippen LogP contribution < -0.4 is 10.4 Å². The van der Waals surface area contributed by atoms with Crippen LogP contribution in [0.2, 0.25) is 0 Å². The Bertz CT molecular complexity index is 289. The van der Waals surface area contributed by atoms with Crippen molar-refractivity contribution in [1.82, 2.24) is 5.48 Å². The summed E-state index contributed by atoms with van der Waals surface area (Å²) < 4.78 is 13.3. The predicted molar refractivity (Wildman–Crippen MR) is 49.4 cm³/mol. The van der Waals surface area contributed by atoms with Crippen LogP contribution in [0.1, 0.15) is 5.56 Å². The number of hydrogen-bond donors (Lipinski definition) is 2. The Labute approximate surface area is 76.7 Å². The molecular formula is C9H13FN2O. The van der Waals surface area contributed by atoms with Gasteiger partial charge in [0.2, 0.25) is 0 Å². The summed E-state index contributed by atoms with van der Waals surface area (Å²) >= 11 is 0. The lowest BCUT2D eigenvalue weighted by molar-refractivity contribution is 0.161. The van der Waals surface area contributed by atoms with Gasteiger partial charge in [0.25, 0.3) is 0 Å². The van der Waals surface area contributed by atoms with Crippen LogP contribution in [0.4, 0.5) is 10.1 Å². The summed E-state index contributed by atoms with van der Waals surface area (Å²) in [6.45, 7) is 0.241. The van der Waals surface area contributed by atoms with Gasteiger partial charge in [0.15, 0.2) is 0 Å². The third-order valence-electron chi connectivity index (χ3n) is 1.79. The van der Waals surface area contributed by atoms with E-state index in [4.69, 9.17) is 5.21 Å². The zero-order chi connectivity index (χ0) is 9.84. The second-order valence-corrected chi connectivity index (χ2v) is 2.98. The first-order valence-electron chi connectivity index (χ1n) is 3.98. The molecule has 0 saturated carbocycles. The molecule has 3 nitrogen and oxygen atoms in total. The van der Waals surface area contributed by atoms with E-state index in [0.29, 0.717) is 5.69 Å². The molecule has 13 heavy (non-hydrogen) atoms. The lowest BCUT2D eigenvalue weighted by Crippen LogP contribution is -2.16. The maximum absolute atomic E-state index is 13.3. The molecule has 4 heteroatoms. The van der Waals surface area contributed by atoms with E-state index in [1.807, 2.05) is 5.48 Å². The first-order chi connectivity index (χ1) is 6.16. The highest BCUT2D eigenvalue weighted by Gasteiger charge is 2.08. The molecule has 0 saturated heterocycles. The molecule has 0 aliphatic carbocycles. The predicted octanol–water partition coefficient (Wildman–Crippen LogP) is 1.37. The summed E-state index contributed by atoms with van der Waals surface area (Å²) in [5, 5.41) is 8.53. The maximum atomic E-state index is 13.3. The number of para-hydroxylation sites is 1. The maximum Gasteiger partial charge on any atom is 0.146 e. The van der Waals surface area contributed by atoms with Crippen molar-refractivity contribution >= 4 is 5.69 Å². The van der Waals surface area contributed by atoms with E-state index >= 15 is 0 Å². The van der Waals surface area contributed by atoms with E-state index in [9.17, 15) is 4.39 Å². The summed E-state index contributed by atoms with van der Waals surface area (Å²) in [5.74, 6) is -0.280. The van der Waals surface area contributed by atoms with Crippen molar-refractivity contribution in [2.75, 3.05) is 19.0 Å². The van der Waals surface area contributed by atoms with Crippen molar-refractivity contribution in [3.63, 3.8) is 0 Å². The van der Waals surface area contributed by atoms with Gasteiger partial charge in [-0.3, -0.25) is 0 Å². The lowest BCUT2D eigenvalue weighted by Gasteiger charge is -2.17. The van der Waals surface area contributed by atoms with E-state index < -0.39 is 0 Å². The van der Waals surface area contributed by atoms with Gasteiger partial charge in [-0.05, 0) is 11.6 Å². The van der Waals surface area contributed by atoms with Gasteiger partial charge in [0.05, 0.1) is 5.69 Å². The molecule has 0 aliphatic heterocycles. The molecule has 0 heterocycles. The Morgan fingerprint density at radius 1 is 1.46 bits per heavy atom. The number of nitrogens with zero attached hydrogens (tertiary/aromatic N) is 1. The molecule has 1 rings (SSSR count). The fourth-order valence-electron chi connectivity index (χ4n) is 1.29. The highest BCUT2D eigenvalue weighted by Crippen LogP contribution is 2.21. The minimum absolute atomic E-state index is 0.241. The number of nitrogens with one attached hydrogen (secondary N) is 1. The molecule has 1 aromatic rings. The van der Waals surface area contributed by atoms with Gasteiger partial charge in [-0.1, -0.05) is 12.1 Å². The van der Waals surface area contributed by atoms with Crippen molar-refractivity contribution in [2.45, 2.75) is 6.54 Å². The van der Waals surface area contributed by atoms with E-state index in [0.717, 1.165) is 5.56 Å². The first kappa shape index (κ1) is 9.95. The lowest BCUT2D eigenvalue weighted by atomic mass is 10.1. The van der Waals surface area contributed by atoms with Gasteiger partial charge in [0, 0.05) is 20.6 Å². The number of rotatable bonds is 3. The Morgan fingerprint density at radius 2 is 2.15 bits per heavy atom. The standard InChI is InChI=1S/C9H13FN2O/c1-12(2)9-7(6-11-13)4-3-5-8(9)10/h3-5,11,13H,6H2,1-2H3. The summed E-state index contributed by atoms with van der Waals surface area (Å²) in [4.78, 5) is 1.68. The molecule has 0 aromatic heterocycles. The number of benzene rings is 1. The molecule has 0 fully saturated rings. The van der Waals surface area contributed by atoms with Gasteiger partial charge in [0.1, 0.15) is 5.82 Å². The number of hydroxylamine groups is 1. The van der Waals surface area contributed by atoms with Crippen LogP contribution in [0.5, 0.6) is 0 Å². The van der Waals surface area contributed by atoms with Crippen LogP contribution in [0, 0.1) is 5.82 Å². The summed E-state index contributed by atoms with van der Waals surface area (Å²) in [6.07, 6.45) is 0. The summed E-state index contributed by atoms with van der Waals surface area (Å²) in [7, 11) is 3.53. The van der Waals surface area contributed by atoms with E-state index in [1.165, 1.54) is 6.07 Å². The molecule has 0 spiro atoms. The zero-order valence-corrected chi connectivity index (χ0v) is 7.71. The topological polar surface area (TPSA) is 35.5 Å². The van der Waals surface area contributed by atoms with E-state index in [2.05, 4.69) is 0 Å². The van der Waals surface area contributed by atoms with Crippen molar-refractivity contribution in [3.8, 4) is 0 Å². The average Bonchev–Trinajstić information content (AvgIpc) is 2.04. The van der Waals surface area contributed by atoms with Crippen LogP contribution in [-0.2, 0) is 6.54 Å². The Morgan fingerprint density at radius 3 is 2.69 bits per heavy atom. The molecule has 2 N–H and O–H groups in total. The third-order valence-corrected chi connectivity index (χ3v) is 1.79. The van der Waals surface area contributed by atoms with E-state index in [-0.39, 0.29) is 12.4 Å². The van der Waals surface area contributed by atoms with Gasteiger partial charge < -0.3 is 10.1 Å². The largest absolute Gasteiger partial charge is 0.375 e. The molecule has 0 unspecified atom stereocenters. The van der Waals surface area contributed by atoms with Crippen molar-refractivity contribution in [1.29, 1.82) is 0 Å². The molecule has 1 aromatic carbocycles. The normalized spacial score (nSPS) is 10.2. The number of anilines is 1. The Hall–Kier alpha value is -1.13. The highest BCUT2D eigenvalue weighted by molar-refractivity contribution is 5.53. The van der Waals surface area contributed by atoms with Gasteiger partial charge in [-0.2, -0.15) is 0 Å². The zero-order valence-electron chi connectivity index (χ0n) is 7.71. The van der Waals surface area contributed by atoms with Crippen LogP contribution in [0.15, 0.2) is 18.2 Å². The first-order valence-corrected chi connectivity index (χ1v) is 3.98. The van der Waals surface area contributed by atoms with Crippen LogP contribution in [0.25, 0.3) is 0 Å². The molecule has 0 amide bonds. The monoisotopic (exact) mass is 184 g/mol. The molecule has 72 valence electrons.